The van der Waals surface area contributed by atoms with Gasteiger partial charge in [0.1, 0.15) is 23.0 Å². The lowest BCUT2D eigenvalue weighted by Crippen LogP contribution is -2.74. The maximum atomic E-state index is 6.68. The first kappa shape index (κ1) is 33.8. The van der Waals surface area contributed by atoms with E-state index in [0.717, 1.165) is 56.2 Å². The van der Waals surface area contributed by atoms with Gasteiger partial charge in [0.25, 0.3) is 6.71 Å². The lowest BCUT2D eigenvalue weighted by Gasteiger charge is -2.35. The molecule has 0 N–H and O–H groups in total. The highest BCUT2D eigenvalue weighted by molar-refractivity contribution is 7.20. The van der Waals surface area contributed by atoms with E-state index >= 15 is 0 Å². The third-order valence-corrected chi connectivity index (χ3v) is 17.3. The van der Waals surface area contributed by atoms with E-state index in [4.69, 9.17) is 9.47 Å². The fourth-order valence-electron chi connectivity index (χ4n) is 9.99. The molecule has 276 valence electrons. The Morgan fingerprint density at radius 1 is 0.373 bits per heavy atom. The average molecular weight is 770 g/mol. The van der Waals surface area contributed by atoms with Gasteiger partial charge in [-0.3, -0.25) is 0 Å². The Labute approximate surface area is 344 Å². The van der Waals surface area contributed by atoms with E-state index in [9.17, 15) is 0 Å². The molecule has 2 aliphatic heterocycles. The van der Waals surface area contributed by atoms with Crippen LogP contribution in [0, 0.1) is 0 Å². The predicted octanol–water partition coefficient (Wildman–Crippen LogP) is 8.56. The Morgan fingerprint density at radius 3 is 1.49 bits per heavy atom. The summed E-state index contributed by atoms with van der Waals surface area (Å²) < 4.78 is 15.7. The van der Waals surface area contributed by atoms with Crippen molar-refractivity contribution >= 4 is 73.7 Å². The van der Waals surface area contributed by atoms with Crippen LogP contribution in [-0.2, 0) is 0 Å². The minimum absolute atomic E-state index is 0.0277. The molecule has 2 aliphatic rings. The van der Waals surface area contributed by atoms with Gasteiger partial charge in [-0.25, -0.2) is 0 Å². The van der Waals surface area contributed by atoms with Gasteiger partial charge in [-0.05, 0) is 79.7 Å². The van der Waals surface area contributed by atoms with E-state index in [2.05, 4.69) is 211 Å². The molecule has 9 aromatic carbocycles. The van der Waals surface area contributed by atoms with Crippen LogP contribution < -0.4 is 46.6 Å². The molecule has 0 atom stereocenters. The SMILES string of the molecule is c1ccc([Si](c2ccccc2)(c2ccccc2)c2ccc(-c3ccc4c(c3)B3c5ccccc5Oc5cccc(c53)O4)c(-n3c4ccccc4c4ccccc43)c2)cc1. The third kappa shape index (κ3) is 5.08. The lowest BCUT2D eigenvalue weighted by atomic mass is 9.35. The molecule has 0 bridgehead atoms. The summed E-state index contributed by atoms with van der Waals surface area (Å²) in [4.78, 5) is 0. The van der Waals surface area contributed by atoms with E-state index in [0.29, 0.717) is 0 Å². The van der Waals surface area contributed by atoms with Crippen LogP contribution in [0.1, 0.15) is 0 Å². The molecule has 3 nitrogen and oxygen atoms in total. The van der Waals surface area contributed by atoms with Crippen LogP contribution in [0.15, 0.2) is 218 Å². The van der Waals surface area contributed by atoms with Crippen LogP contribution in [0.2, 0.25) is 0 Å². The summed E-state index contributed by atoms with van der Waals surface area (Å²) in [6.45, 7) is -0.0277. The molecular formula is C54H36BNO2Si. The molecule has 0 saturated carbocycles. The first-order valence-electron chi connectivity index (χ1n) is 20.3. The molecule has 0 amide bonds. The van der Waals surface area contributed by atoms with Crippen LogP contribution in [0.5, 0.6) is 23.0 Å². The quantitative estimate of drug-likeness (QED) is 0.125. The van der Waals surface area contributed by atoms with Crippen molar-refractivity contribution in [2.75, 3.05) is 0 Å². The standard InChI is InChI=1S/C54H36BNO2Si/c1-4-17-38(18-5-1)59(39-19-6-2-7-20-39,40-21-8-3-9-22-40)41-32-33-42(49(36-41)56-47-26-13-10-23-43(47)44-24-11-14-27-48(44)56)37-31-34-51-46(35-37)55-45-25-12-15-28-50(45)57-52-29-16-30-53(58-51)54(52)55/h1-36H. The Balaban J connectivity index is 1.17. The van der Waals surface area contributed by atoms with Crippen molar-refractivity contribution in [2.24, 2.45) is 0 Å². The molecule has 1 aromatic heterocycles. The summed E-state index contributed by atoms with van der Waals surface area (Å²) in [5.41, 5.74) is 9.15. The molecule has 0 saturated heterocycles. The molecule has 0 spiro atoms. The van der Waals surface area contributed by atoms with Crippen molar-refractivity contribution in [3.05, 3.63) is 218 Å². The van der Waals surface area contributed by atoms with Crippen LogP contribution in [0.25, 0.3) is 38.6 Å². The van der Waals surface area contributed by atoms with Gasteiger partial charge in [0.05, 0.1) is 16.7 Å². The number of aromatic nitrogens is 1. The number of para-hydroxylation sites is 3. The average Bonchev–Trinajstić information content (AvgIpc) is 3.64. The number of benzene rings is 9. The highest BCUT2D eigenvalue weighted by Crippen LogP contribution is 2.39. The van der Waals surface area contributed by atoms with Crippen LogP contribution in [-0.4, -0.2) is 19.4 Å². The van der Waals surface area contributed by atoms with Gasteiger partial charge >= 0.3 is 0 Å². The second kappa shape index (κ2) is 13.4. The zero-order valence-electron chi connectivity index (χ0n) is 32.1. The van der Waals surface area contributed by atoms with E-state index in [-0.39, 0.29) is 6.71 Å². The second-order valence-electron chi connectivity index (χ2n) is 15.5. The smallest absolute Gasteiger partial charge is 0.260 e. The summed E-state index contributed by atoms with van der Waals surface area (Å²) >= 11 is 0. The van der Waals surface area contributed by atoms with Crippen molar-refractivity contribution < 1.29 is 9.47 Å². The van der Waals surface area contributed by atoms with Gasteiger partial charge < -0.3 is 14.0 Å². The monoisotopic (exact) mass is 769 g/mol. The Bertz CT molecular complexity index is 3070. The predicted molar refractivity (Wildman–Crippen MR) is 248 cm³/mol. The molecule has 0 radical (unpaired) electrons. The molecule has 10 aromatic rings. The van der Waals surface area contributed by atoms with Gasteiger partial charge in [0.2, 0.25) is 0 Å². The summed E-state index contributed by atoms with van der Waals surface area (Å²) in [5, 5.41) is 7.82. The van der Waals surface area contributed by atoms with Crippen molar-refractivity contribution in [3.8, 4) is 39.8 Å². The number of nitrogens with zero attached hydrogens (tertiary/aromatic N) is 1. The summed E-state index contributed by atoms with van der Waals surface area (Å²) in [6, 6.07) is 79.8. The molecule has 59 heavy (non-hydrogen) atoms. The zero-order chi connectivity index (χ0) is 38.9. The fourth-order valence-corrected chi connectivity index (χ4v) is 14.8. The Morgan fingerprint density at radius 2 is 0.881 bits per heavy atom. The van der Waals surface area contributed by atoms with Gasteiger partial charge in [-0.2, -0.15) is 0 Å². The number of hydrogen-bond donors (Lipinski definition) is 0. The largest absolute Gasteiger partial charge is 0.458 e. The van der Waals surface area contributed by atoms with Crippen LogP contribution in [0.3, 0.4) is 0 Å². The van der Waals surface area contributed by atoms with Crippen molar-refractivity contribution in [2.45, 2.75) is 0 Å². The fraction of sp³-hybridized carbons (Fsp3) is 0. The number of rotatable bonds is 6. The highest BCUT2D eigenvalue weighted by Gasteiger charge is 2.43. The van der Waals surface area contributed by atoms with Gasteiger partial charge in [0.15, 0.2) is 8.07 Å². The van der Waals surface area contributed by atoms with E-state index in [1.807, 2.05) is 12.1 Å². The molecule has 0 unspecified atom stereocenters. The maximum absolute atomic E-state index is 6.68. The summed E-state index contributed by atoms with van der Waals surface area (Å²) in [6.07, 6.45) is 0. The lowest BCUT2D eigenvalue weighted by molar-refractivity contribution is 0.464. The maximum Gasteiger partial charge on any atom is 0.260 e. The van der Waals surface area contributed by atoms with Gasteiger partial charge in [0, 0.05) is 21.8 Å². The molecule has 5 heteroatoms. The summed E-state index contributed by atoms with van der Waals surface area (Å²) in [7, 11) is -2.87. The van der Waals surface area contributed by atoms with E-state index in [1.165, 1.54) is 42.6 Å². The van der Waals surface area contributed by atoms with Crippen molar-refractivity contribution in [1.82, 2.24) is 4.57 Å². The molecule has 3 heterocycles. The first-order valence-corrected chi connectivity index (χ1v) is 22.3. The summed E-state index contributed by atoms with van der Waals surface area (Å²) in [5.74, 6) is 3.46. The number of hydrogen-bond acceptors (Lipinski definition) is 2. The topological polar surface area (TPSA) is 23.4 Å². The third-order valence-electron chi connectivity index (χ3n) is 12.5. The number of fused-ring (bicyclic) bond motifs is 7. The second-order valence-corrected chi connectivity index (χ2v) is 19.4. The molecular weight excluding hydrogens is 733 g/mol. The molecule has 0 aliphatic carbocycles. The van der Waals surface area contributed by atoms with Crippen molar-refractivity contribution in [3.63, 3.8) is 0 Å². The van der Waals surface area contributed by atoms with Crippen LogP contribution in [0.4, 0.5) is 0 Å². The number of ether oxygens (including phenoxy) is 2. The minimum Gasteiger partial charge on any atom is -0.458 e. The van der Waals surface area contributed by atoms with Crippen LogP contribution >= 0.6 is 0 Å². The Kier molecular flexibility index (Phi) is 7.65. The first-order chi connectivity index (χ1) is 29.3. The van der Waals surface area contributed by atoms with E-state index in [1.54, 1.807) is 0 Å². The molecule has 0 fully saturated rings. The highest BCUT2D eigenvalue weighted by atomic mass is 28.3. The zero-order valence-corrected chi connectivity index (χ0v) is 33.1. The Hall–Kier alpha value is -7.34. The minimum atomic E-state index is -2.87. The normalized spacial score (nSPS) is 12.6. The van der Waals surface area contributed by atoms with Crippen molar-refractivity contribution in [1.29, 1.82) is 0 Å². The molecule has 12 rings (SSSR count). The van der Waals surface area contributed by atoms with Gasteiger partial charge in [-0.15, -0.1) is 0 Å². The van der Waals surface area contributed by atoms with Gasteiger partial charge in [-0.1, -0.05) is 176 Å². The van der Waals surface area contributed by atoms with E-state index < -0.39 is 8.07 Å².